The van der Waals surface area contributed by atoms with Crippen molar-refractivity contribution in [1.29, 1.82) is 0 Å². The standard InChI is InChI=1S/C8H12N4O4/c9-8(15)16-4-3-10-7(14)5-1-2-6(13)12-11-5/h1-4H2,(H2,9,15)(H,10,14)(H,12,13). The first-order valence-corrected chi connectivity index (χ1v) is 4.65. The molecule has 1 rings (SSSR count). The molecular formula is C8H12N4O4. The van der Waals surface area contributed by atoms with E-state index in [2.05, 4.69) is 20.6 Å². The van der Waals surface area contributed by atoms with Gasteiger partial charge in [0.25, 0.3) is 5.91 Å². The Morgan fingerprint density at radius 3 is 2.81 bits per heavy atom. The number of nitrogens with one attached hydrogen (secondary N) is 2. The van der Waals surface area contributed by atoms with Crippen molar-refractivity contribution in [3.63, 3.8) is 0 Å². The topological polar surface area (TPSA) is 123 Å². The van der Waals surface area contributed by atoms with Gasteiger partial charge in [-0.05, 0) is 0 Å². The number of hydrazone groups is 1. The average Bonchev–Trinajstić information content (AvgIpc) is 2.25. The maximum absolute atomic E-state index is 11.4. The fourth-order valence-electron chi connectivity index (χ4n) is 1.06. The molecular weight excluding hydrogens is 216 g/mol. The van der Waals surface area contributed by atoms with Crippen molar-refractivity contribution in [3.8, 4) is 0 Å². The lowest BCUT2D eigenvalue weighted by Gasteiger charge is -2.11. The zero-order chi connectivity index (χ0) is 12.0. The van der Waals surface area contributed by atoms with Gasteiger partial charge in [0.05, 0.1) is 6.54 Å². The molecule has 8 nitrogen and oxygen atoms in total. The van der Waals surface area contributed by atoms with Gasteiger partial charge >= 0.3 is 6.09 Å². The van der Waals surface area contributed by atoms with Crippen LogP contribution in [-0.2, 0) is 14.3 Å². The third-order valence-corrected chi connectivity index (χ3v) is 1.80. The van der Waals surface area contributed by atoms with E-state index in [-0.39, 0.29) is 31.2 Å². The smallest absolute Gasteiger partial charge is 0.404 e. The number of nitrogens with zero attached hydrogens (tertiary/aromatic N) is 1. The molecule has 0 unspecified atom stereocenters. The first kappa shape index (κ1) is 12.0. The van der Waals surface area contributed by atoms with E-state index in [1.165, 1.54) is 0 Å². The molecule has 88 valence electrons. The fraction of sp³-hybridized carbons (Fsp3) is 0.500. The molecule has 0 aromatic rings. The molecule has 8 heteroatoms. The minimum Gasteiger partial charge on any atom is -0.448 e. The van der Waals surface area contributed by atoms with E-state index in [1.807, 2.05) is 0 Å². The summed E-state index contributed by atoms with van der Waals surface area (Å²) in [5.74, 6) is -0.610. The zero-order valence-electron chi connectivity index (χ0n) is 8.49. The van der Waals surface area contributed by atoms with Gasteiger partial charge in [-0.2, -0.15) is 5.10 Å². The second-order valence-electron chi connectivity index (χ2n) is 3.02. The summed E-state index contributed by atoms with van der Waals surface area (Å²) in [5.41, 5.74) is 7.18. The summed E-state index contributed by atoms with van der Waals surface area (Å²) in [6, 6.07) is 0. The Bertz CT molecular complexity index is 339. The normalized spacial score (nSPS) is 14.8. The van der Waals surface area contributed by atoms with Crippen molar-refractivity contribution < 1.29 is 19.1 Å². The highest BCUT2D eigenvalue weighted by atomic mass is 16.5. The quantitative estimate of drug-likeness (QED) is 0.505. The average molecular weight is 228 g/mol. The van der Waals surface area contributed by atoms with Crippen LogP contribution in [0.1, 0.15) is 12.8 Å². The Labute approximate surface area is 91.2 Å². The van der Waals surface area contributed by atoms with E-state index in [1.54, 1.807) is 0 Å². The van der Waals surface area contributed by atoms with Crippen molar-refractivity contribution in [3.05, 3.63) is 0 Å². The summed E-state index contributed by atoms with van der Waals surface area (Å²) in [6.07, 6.45) is -0.352. The third kappa shape index (κ3) is 3.95. The molecule has 0 atom stereocenters. The number of carbonyl (C=O) groups excluding carboxylic acids is 3. The number of amides is 3. The summed E-state index contributed by atoms with van der Waals surface area (Å²) >= 11 is 0. The molecule has 0 aliphatic carbocycles. The maximum Gasteiger partial charge on any atom is 0.404 e. The van der Waals surface area contributed by atoms with Gasteiger partial charge in [0.2, 0.25) is 5.91 Å². The Morgan fingerprint density at radius 2 is 2.25 bits per heavy atom. The zero-order valence-corrected chi connectivity index (χ0v) is 8.49. The van der Waals surface area contributed by atoms with Gasteiger partial charge in [-0.1, -0.05) is 0 Å². The van der Waals surface area contributed by atoms with Crippen LogP contribution in [0.25, 0.3) is 0 Å². The summed E-state index contributed by atoms with van der Waals surface area (Å²) in [4.78, 5) is 32.3. The molecule has 4 N–H and O–H groups in total. The summed E-state index contributed by atoms with van der Waals surface area (Å²) < 4.78 is 4.41. The van der Waals surface area contributed by atoms with Crippen LogP contribution in [0.4, 0.5) is 4.79 Å². The lowest BCUT2D eigenvalue weighted by Crippen LogP contribution is -2.38. The van der Waals surface area contributed by atoms with E-state index in [0.717, 1.165) is 0 Å². The number of primary amides is 1. The van der Waals surface area contributed by atoms with Gasteiger partial charge in [-0.15, -0.1) is 0 Å². The minimum atomic E-state index is -0.892. The van der Waals surface area contributed by atoms with Crippen LogP contribution in [0.5, 0.6) is 0 Å². The summed E-state index contributed by atoms with van der Waals surface area (Å²) in [6.45, 7) is 0.148. The summed E-state index contributed by atoms with van der Waals surface area (Å²) in [5, 5.41) is 6.07. The van der Waals surface area contributed by atoms with Gasteiger partial charge in [0.15, 0.2) is 0 Å². The summed E-state index contributed by atoms with van der Waals surface area (Å²) in [7, 11) is 0. The van der Waals surface area contributed by atoms with Crippen molar-refractivity contribution in [2.75, 3.05) is 13.2 Å². The van der Waals surface area contributed by atoms with E-state index in [0.29, 0.717) is 6.42 Å². The van der Waals surface area contributed by atoms with Crippen LogP contribution >= 0.6 is 0 Å². The van der Waals surface area contributed by atoms with E-state index < -0.39 is 12.0 Å². The Kier molecular flexibility index (Phi) is 4.25. The fourth-order valence-corrected chi connectivity index (χ4v) is 1.06. The number of hydrogen-bond acceptors (Lipinski definition) is 5. The largest absolute Gasteiger partial charge is 0.448 e. The second-order valence-corrected chi connectivity index (χ2v) is 3.02. The van der Waals surface area contributed by atoms with Crippen LogP contribution in [0, 0.1) is 0 Å². The first-order valence-electron chi connectivity index (χ1n) is 4.65. The van der Waals surface area contributed by atoms with Gasteiger partial charge < -0.3 is 15.8 Å². The van der Waals surface area contributed by atoms with Crippen molar-refractivity contribution in [2.45, 2.75) is 12.8 Å². The third-order valence-electron chi connectivity index (χ3n) is 1.80. The van der Waals surface area contributed by atoms with Crippen LogP contribution in [0.15, 0.2) is 5.10 Å². The predicted octanol–water partition coefficient (Wildman–Crippen LogP) is -1.54. The lowest BCUT2D eigenvalue weighted by atomic mass is 10.1. The van der Waals surface area contributed by atoms with Gasteiger partial charge in [-0.3, -0.25) is 9.59 Å². The molecule has 1 heterocycles. The first-order chi connectivity index (χ1) is 7.59. The van der Waals surface area contributed by atoms with Gasteiger partial charge in [0.1, 0.15) is 12.3 Å². The molecule has 0 radical (unpaired) electrons. The van der Waals surface area contributed by atoms with Crippen LogP contribution in [0.3, 0.4) is 0 Å². The molecule has 0 saturated heterocycles. The van der Waals surface area contributed by atoms with Crippen molar-refractivity contribution >= 4 is 23.6 Å². The molecule has 3 amide bonds. The highest BCUT2D eigenvalue weighted by molar-refractivity contribution is 6.39. The molecule has 0 fully saturated rings. The van der Waals surface area contributed by atoms with Crippen molar-refractivity contribution in [2.24, 2.45) is 10.8 Å². The highest BCUT2D eigenvalue weighted by Crippen LogP contribution is 1.99. The van der Waals surface area contributed by atoms with Crippen LogP contribution in [-0.4, -0.2) is 36.8 Å². The molecule has 0 saturated carbocycles. The Morgan fingerprint density at radius 1 is 1.50 bits per heavy atom. The monoisotopic (exact) mass is 228 g/mol. The number of rotatable bonds is 4. The molecule has 0 aromatic heterocycles. The molecule has 0 spiro atoms. The minimum absolute atomic E-state index is 0.000707. The molecule has 1 aliphatic heterocycles. The van der Waals surface area contributed by atoms with Gasteiger partial charge in [0, 0.05) is 12.8 Å². The number of ether oxygens (including phenoxy) is 1. The molecule has 0 bridgehead atoms. The van der Waals surface area contributed by atoms with Crippen LogP contribution < -0.4 is 16.5 Å². The predicted molar refractivity (Wildman–Crippen MR) is 53.4 cm³/mol. The van der Waals surface area contributed by atoms with Gasteiger partial charge in [-0.25, -0.2) is 10.2 Å². The molecule has 0 aromatic carbocycles. The molecule has 16 heavy (non-hydrogen) atoms. The van der Waals surface area contributed by atoms with Crippen LogP contribution in [0.2, 0.25) is 0 Å². The Balaban J connectivity index is 2.25. The number of carbonyl (C=O) groups is 3. The number of hydrogen-bond donors (Lipinski definition) is 3. The number of nitrogens with two attached hydrogens (primary N) is 1. The lowest BCUT2D eigenvalue weighted by molar-refractivity contribution is -0.121. The van der Waals surface area contributed by atoms with E-state index in [9.17, 15) is 14.4 Å². The van der Waals surface area contributed by atoms with Crippen molar-refractivity contribution in [1.82, 2.24) is 10.7 Å². The maximum atomic E-state index is 11.4. The Hall–Kier alpha value is -2.12. The SMILES string of the molecule is NC(=O)OCCNC(=O)C1=NNC(=O)CC1. The highest BCUT2D eigenvalue weighted by Gasteiger charge is 2.17. The van der Waals surface area contributed by atoms with E-state index >= 15 is 0 Å². The second kappa shape index (κ2) is 5.69. The van der Waals surface area contributed by atoms with E-state index in [4.69, 9.17) is 5.73 Å². The molecule has 1 aliphatic rings.